The summed E-state index contributed by atoms with van der Waals surface area (Å²) in [4.78, 5) is 24.2. The normalized spacial score (nSPS) is 10.0. The van der Waals surface area contributed by atoms with Crippen LogP contribution in [0.4, 0.5) is 0 Å². The number of benzene rings is 1. The molecule has 21 heavy (non-hydrogen) atoms. The van der Waals surface area contributed by atoms with Crippen LogP contribution in [0, 0.1) is 11.8 Å². The van der Waals surface area contributed by atoms with Gasteiger partial charge in [-0.1, -0.05) is 30.0 Å². The minimum atomic E-state index is -0.314. The van der Waals surface area contributed by atoms with Crippen molar-refractivity contribution in [3.8, 4) is 11.8 Å². The first-order valence-electron chi connectivity index (χ1n) is 6.74. The van der Waals surface area contributed by atoms with Gasteiger partial charge in [0.15, 0.2) is 0 Å². The Morgan fingerprint density at radius 1 is 1.19 bits per heavy atom. The lowest BCUT2D eigenvalue weighted by Gasteiger charge is -2.09. The molecule has 5 heteroatoms. The third-order valence-electron chi connectivity index (χ3n) is 3.15. The lowest BCUT2D eigenvalue weighted by molar-refractivity contribution is 0.599. The Kier molecular flexibility index (Phi) is 4.75. The van der Waals surface area contributed by atoms with Crippen LogP contribution in [0.2, 0.25) is 0 Å². The zero-order valence-electron chi connectivity index (χ0n) is 11.9. The molecule has 0 radical (unpaired) electrons. The molecule has 0 amide bonds. The third kappa shape index (κ3) is 3.30. The summed E-state index contributed by atoms with van der Waals surface area (Å²) in [6.07, 6.45) is 1.52. The van der Waals surface area contributed by atoms with Crippen molar-refractivity contribution in [3.05, 3.63) is 68.5 Å². The van der Waals surface area contributed by atoms with Crippen LogP contribution in [0.15, 0.2) is 46.1 Å². The molecule has 1 aromatic heterocycles. The SMILES string of the molecule is CCn1ccc(=O)n(Cc2ccccc2C#CCN)c1=O. The first-order valence-corrected chi connectivity index (χ1v) is 6.74. The second kappa shape index (κ2) is 6.73. The van der Waals surface area contributed by atoms with Crippen molar-refractivity contribution in [2.75, 3.05) is 6.54 Å². The highest BCUT2D eigenvalue weighted by Crippen LogP contribution is 2.07. The summed E-state index contributed by atoms with van der Waals surface area (Å²) in [6.45, 7) is 2.85. The van der Waals surface area contributed by atoms with E-state index in [2.05, 4.69) is 11.8 Å². The van der Waals surface area contributed by atoms with Crippen molar-refractivity contribution in [1.29, 1.82) is 0 Å². The Morgan fingerprint density at radius 2 is 1.95 bits per heavy atom. The fraction of sp³-hybridized carbons (Fsp3) is 0.250. The summed E-state index contributed by atoms with van der Waals surface area (Å²) in [5.74, 6) is 5.75. The van der Waals surface area contributed by atoms with Gasteiger partial charge in [0, 0.05) is 24.4 Å². The van der Waals surface area contributed by atoms with Crippen molar-refractivity contribution in [3.63, 3.8) is 0 Å². The number of nitrogens with two attached hydrogens (primary N) is 1. The van der Waals surface area contributed by atoms with Crippen LogP contribution in [-0.4, -0.2) is 15.7 Å². The molecule has 0 atom stereocenters. The van der Waals surface area contributed by atoms with Gasteiger partial charge in [0.2, 0.25) is 0 Å². The summed E-state index contributed by atoms with van der Waals surface area (Å²) < 4.78 is 2.71. The minimum absolute atomic E-state index is 0.202. The van der Waals surface area contributed by atoms with Crippen LogP contribution >= 0.6 is 0 Å². The molecule has 2 N–H and O–H groups in total. The van der Waals surface area contributed by atoms with Gasteiger partial charge in [0.25, 0.3) is 5.56 Å². The van der Waals surface area contributed by atoms with E-state index in [4.69, 9.17) is 5.73 Å². The van der Waals surface area contributed by atoms with E-state index in [1.807, 2.05) is 31.2 Å². The molecule has 0 spiro atoms. The molecule has 0 unspecified atom stereocenters. The smallest absolute Gasteiger partial charge is 0.320 e. The van der Waals surface area contributed by atoms with Crippen LogP contribution in [0.5, 0.6) is 0 Å². The molecular weight excluding hydrogens is 266 g/mol. The molecule has 1 heterocycles. The van der Waals surface area contributed by atoms with E-state index in [0.29, 0.717) is 6.54 Å². The van der Waals surface area contributed by atoms with Gasteiger partial charge >= 0.3 is 5.69 Å². The number of aromatic nitrogens is 2. The maximum Gasteiger partial charge on any atom is 0.331 e. The Bertz CT molecular complexity index is 806. The van der Waals surface area contributed by atoms with Crippen LogP contribution in [0.1, 0.15) is 18.1 Å². The van der Waals surface area contributed by atoms with Crippen LogP contribution in [0.3, 0.4) is 0 Å². The summed E-state index contributed by atoms with van der Waals surface area (Å²) in [5.41, 5.74) is 6.36. The van der Waals surface area contributed by atoms with Gasteiger partial charge in [0.05, 0.1) is 13.1 Å². The summed E-state index contributed by atoms with van der Waals surface area (Å²) in [7, 11) is 0. The monoisotopic (exact) mass is 283 g/mol. The number of rotatable bonds is 3. The van der Waals surface area contributed by atoms with Gasteiger partial charge < -0.3 is 10.3 Å². The lowest BCUT2D eigenvalue weighted by Crippen LogP contribution is -2.39. The van der Waals surface area contributed by atoms with Gasteiger partial charge in [-0.3, -0.25) is 9.36 Å². The molecule has 0 fully saturated rings. The molecule has 0 bridgehead atoms. The molecule has 0 saturated carbocycles. The number of hydrogen-bond donors (Lipinski definition) is 1. The molecular formula is C16H17N3O2. The first-order chi connectivity index (χ1) is 10.2. The Labute approximate surface area is 122 Å². The van der Waals surface area contributed by atoms with E-state index in [1.54, 1.807) is 0 Å². The molecule has 5 nitrogen and oxygen atoms in total. The van der Waals surface area contributed by atoms with Gasteiger partial charge in [-0.2, -0.15) is 0 Å². The maximum absolute atomic E-state index is 12.2. The predicted octanol–water partition coefficient (Wildman–Crippen LogP) is 0.388. The molecule has 0 aliphatic rings. The number of hydrogen-bond acceptors (Lipinski definition) is 3. The zero-order chi connectivity index (χ0) is 15.2. The minimum Gasteiger partial charge on any atom is -0.320 e. The van der Waals surface area contributed by atoms with Gasteiger partial charge in [0.1, 0.15) is 0 Å². The van der Waals surface area contributed by atoms with E-state index in [1.165, 1.54) is 21.4 Å². The topological polar surface area (TPSA) is 70.0 Å². The van der Waals surface area contributed by atoms with Crippen LogP contribution in [-0.2, 0) is 13.1 Å². The summed E-state index contributed by atoms with van der Waals surface area (Å²) in [6, 6.07) is 8.83. The lowest BCUT2D eigenvalue weighted by atomic mass is 10.1. The highest BCUT2D eigenvalue weighted by molar-refractivity contribution is 5.41. The van der Waals surface area contributed by atoms with Crippen LogP contribution < -0.4 is 17.0 Å². The quantitative estimate of drug-likeness (QED) is 0.828. The van der Waals surface area contributed by atoms with E-state index in [0.717, 1.165) is 11.1 Å². The molecule has 108 valence electrons. The van der Waals surface area contributed by atoms with Crippen molar-refractivity contribution in [1.82, 2.24) is 9.13 Å². The molecule has 0 aliphatic carbocycles. The highest BCUT2D eigenvalue weighted by Gasteiger charge is 2.07. The maximum atomic E-state index is 12.2. The average Bonchev–Trinajstić information content (AvgIpc) is 2.50. The highest BCUT2D eigenvalue weighted by atomic mass is 16.2. The number of aryl methyl sites for hydroxylation is 1. The first kappa shape index (κ1) is 14.8. The second-order valence-electron chi connectivity index (χ2n) is 4.47. The zero-order valence-corrected chi connectivity index (χ0v) is 11.9. The Hall–Kier alpha value is -2.58. The molecule has 2 rings (SSSR count). The Balaban J connectivity index is 2.49. The summed E-state index contributed by atoms with van der Waals surface area (Å²) >= 11 is 0. The standard InChI is InChI=1S/C16H17N3O2/c1-2-18-11-9-15(20)19(16(18)21)12-14-7-4-3-6-13(14)8-5-10-17/h3-4,6-7,9,11H,2,10,12,17H2,1H3. The van der Waals surface area contributed by atoms with E-state index >= 15 is 0 Å². The molecule has 0 aliphatic heterocycles. The van der Waals surface area contributed by atoms with Crippen LogP contribution in [0.25, 0.3) is 0 Å². The predicted molar refractivity (Wildman–Crippen MR) is 82.1 cm³/mol. The van der Waals surface area contributed by atoms with Crippen molar-refractivity contribution in [2.45, 2.75) is 20.0 Å². The largest absolute Gasteiger partial charge is 0.331 e. The average molecular weight is 283 g/mol. The third-order valence-corrected chi connectivity index (χ3v) is 3.15. The Morgan fingerprint density at radius 3 is 2.67 bits per heavy atom. The van der Waals surface area contributed by atoms with Gasteiger partial charge in [-0.05, 0) is 18.6 Å². The fourth-order valence-corrected chi connectivity index (χ4v) is 2.04. The fourth-order valence-electron chi connectivity index (χ4n) is 2.04. The van der Waals surface area contributed by atoms with E-state index < -0.39 is 0 Å². The second-order valence-corrected chi connectivity index (χ2v) is 4.47. The molecule has 2 aromatic rings. The summed E-state index contributed by atoms with van der Waals surface area (Å²) in [5, 5.41) is 0. The number of nitrogens with zero attached hydrogens (tertiary/aromatic N) is 2. The molecule has 0 saturated heterocycles. The van der Waals surface area contributed by atoms with Crippen molar-refractivity contribution < 1.29 is 0 Å². The van der Waals surface area contributed by atoms with E-state index in [-0.39, 0.29) is 24.3 Å². The van der Waals surface area contributed by atoms with Gasteiger partial charge in [-0.25, -0.2) is 4.79 Å². The van der Waals surface area contributed by atoms with Gasteiger partial charge in [-0.15, -0.1) is 0 Å². The van der Waals surface area contributed by atoms with Crippen molar-refractivity contribution >= 4 is 0 Å². The van der Waals surface area contributed by atoms with Crippen molar-refractivity contribution in [2.24, 2.45) is 5.73 Å². The molecule has 1 aromatic carbocycles. The van der Waals surface area contributed by atoms with E-state index in [9.17, 15) is 9.59 Å².